The average molecular weight is 207 g/mol. The molecule has 0 spiro atoms. The van der Waals surface area contributed by atoms with Crippen LogP contribution in [0.3, 0.4) is 0 Å². The minimum atomic E-state index is -1.07. The molecule has 78 valence electrons. The number of carbonyl (C=O) groups is 1. The molecule has 0 saturated heterocycles. The topological polar surface area (TPSA) is 76.5 Å². The van der Waals surface area contributed by atoms with Crippen LogP contribution in [0.15, 0.2) is 33.6 Å². The highest BCUT2D eigenvalue weighted by molar-refractivity contribution is 5.86. The third kappa shape index (κ3) is 2.07. The second kappa shape index (κ2) is 4.00. The molecule has 0 radical (unpaired) electrons. The van der Waals surface area contributed by atoms with Crippen molar-refractivity contribution in [3.63, 3.8) is 0 Å². The SMILES string of the molecule is O=C(O)c1ncoc1CCc1ccco1. The second-order valence-electron chi connectivity index (χ2n) is 3.01. The van der Waals surface area contributed by atoms with Crippen LogP contribution in [0.5, 0.6) is 0 Å². The molecular weight excluding hydrogens is 198 g/mol. The number of oxazole rings is 1. The van der Waals surface area contributed by atoms with Crippen LogP contribution in [-0.2, 0) is 12.8 Å². The highest BCUT2D eigenvalue weighted by atomic mass is 16.4. The van der Waals surface area contributed by atoms with E-state index >= 15 is 0 Å². The fraction of sp³-hybridized carbons (Fsp3) is 0.200. The highest BCUT2D eigenvalue weighted by Gasteiger charge is 2.15. The van der Waals surface area contributed by atoms with E-state index in [9.17, 15) is 4.79 Å². The minimum Gasteiger partial charge on any atom is -0.476 e. The molecule has 0 amide bonds. The van der Waals surface area contributed by atoms with Crippen LogP contribution in [0, 0.1) is 0 Å². The monoisotopic (exact) mass is 207 g/mol. The lowest BCUT2D eigenvalue weighted by Gasteiger charge is -1.95. The van der Waals surface area contributed by atoms with Gasteiger partial charge in [-0.2, -0.15) is 0 Å². The molecule has 0 aliphatic carbocycles. The van der Waals surface area contributed by atoms with Crippen LogP contribution < -0.4 is 0 Å². The number of aryl methyl sites for hydroxylation is 2. The van der Waals surface area contributed by atoms with Crippen molar-refractivity contribution in [3.8, 4) is 0 Å². The molecule has 5 nitrogen and oxygen atoms in total. The molecule has 1 N–H and O–H groups in total. The highest BCUT2D eigenvalue weighted by Crippen LogP contribution is 2.11. The first-order valence-electron chi connectivity index (χ1n) is 4.45. The van der Waals surface area contributed by atoms with Gasteiger partial charge in [0.05, 0.1) is 6.26 Å². The van der Waals surface area contributed by atoms with E-state index in [4.69, 9.17) is 13.9 Å². The zero-order valence-electron chi connectivity index (χ0n) is 7.84. The van der Waals surface area contributed by atoms with E-state index in [1.54, 1.807) is 12.3 Å². The van der Waals surface area contributed by atoms with Crippen molar-refractivity contribution in [2.75, 3.05) is 0 Å². The van der Waals surface area contributed by atoms with Gasteiger partial charge in [0, 0.05) is 12.8 Å². The van der Waals surface area contributed by atoms with Gasteiger partial charge in [-0.25, -0.2) is 9.78 Å². The Morgan fingerprint density at radius 2 is 2.27 bits per heavy atom. The van der Waals surface area contributed by atoms with Gasteiger partial charge in [-0.1, -0.05) is 0 Å². The summed E-state index contributed by atoms with van der Waals surface area (Å²) in [5.41, 5.74) is -0.0263. The molecule has 0 fully saturated rings. The Balaban J connectivity index is 2.05. The number of hydrogen-bond acceptors (Lipinski definition) is 4. The van der Waals surface area contributed by atoms with Crippen molar-refractivity contribution in [2.24, 2.45) is 0 Å². The third-order valence-corrected chi connectivity index (χ3v) is 2.02. The van der Waals surface area contributed by atoms with Gasteiger partial charge in [0.25, 0.3) is 0 Å². The molecule has 0 aliphatic heterocycles. The van der Waals surface area contributed by atoms with E-state index in [1.165, 1.54) is 0 Å². The van der Waals surface area contributed by atoms with Crippen molar-refractivity contribution < 1.29 is 18.7 Å². The zero-order valence-corrected chi connectivity index (χ0v) is 7.84. The number of aromatic carboxylic acids is 1. The van der Waals surface area contributed by atoms with Crippen molar-refractivity contribution in [1.82, 2.24) is 4.98 Å². The van der Waals surface area contributed by atoms with Crippen molar-refractivity contribution in [2.45, 2.75) is 12.8 Å². The summed E-state index contributed by atoms with van der Waals surface area (Å²) in [7, 11) is 0. The predicted molar refractivity (Wildman–Crippen MR) is 49.6 cm³/mol. The number of furan rings is 1. The standard InChI is InChI=1S/C10H9NO4/c12-10(13)9-8(15-6-11-9)4-3-7-2-1-5-14-7/h1-2,5-6H,3-4H2,(H,12,13). The first-order chi connectivity index (χ1) is 7.27. The lowest BCUT2D eigenvalue weighted by molar-refractivity contribution is 0.0688. The quantitative estimate of drug-likeness (QED) is 0.826. The van der Waals surface area contributed by atoms with Crippen LogP contribution in [-0.4, -0.2) is 16.1 Å². The summed E-state index contributed by atoms with van der Waals surface area (Å²) in [6.07, 6.45) is 3.78. The van der Waals surface area contributed by atoms with E-state index in [-0.39, 0.29) is 5.69 Å². The summed E-state index contributed by atoms with van der Waals surface area (Å²) in [6.45, 7) is 0. The first kappa shape index (κ1) is 9.51. The van der Waals surface area contributed by atoms with Gasteiger partial charge in [0.15, 0.2) is 12.1 Å². The van der Waals surface area contributed by atoms with Gasteiger partial charge in [0.1, 0.15) is 11.5 Å². The van der Waals surface area contributed by atoms with Gasteiger partial charge < -0.3 is 13.9 Å². The molecule has 0 aromatic carbocycles. The maximum atomic E-state index is 10.7. The molecule has 2 rings (SSSR count). The fourth-order valence-corrected chi connectivity index (χ4v) is 1.31. The molecule has 2 aromatic rings. The van der Waals surface area contributed by atoms with Gasteiger partial charge in [-0.15, -0.1) is 0 Å². The molecule has 2 aromatic heterocycles. The van der Waals surface area contributed by atoms with Crippen molar-refractivity contribution in [3.05, 3.63) is 42.0 Å². The average Bonchev–Trinajstić information content (AvgIpc) is 2.86. The van der Waals surface area contributed by atoms with Crippen LogP contribution in [0.1, 0.15) is 22.0 Å². The third-order valence-electron chi connectivity index (χ3n) is 2.02. The summed E-state index contributed by atoms with van der Waals surface area (Å²) in [5.74, 6) is 0.0971. The Morgan fingerprint density at radius 3 is 2.93 bits per heavy atom. The number of hydrogen-bond donors (Lipinski definition) is 1. The lowest BCUT2D eigenvalue weighted by Crippen LogP contribution is -2.02. The van der Waals surface area contributed by atoms with E-state index in [0.29, 0.717) is 18.6 Å². The molecule has 0 unspecified atom stereocenters. The minimum absolute atomic E-state index is 0.0263. The maximum absolute atomic E-state index is 10.7. The first-order valence-corrected chi connectivity index (χ1v) is 4.45. The van der Waals surface area contributed by atoms with E-state index in [2.05, 4.69) is 4.98 Å². The van der Waals surface area contributed by atoms with Crippen LogP contribution in [0.2, 0.25) is 0 Å². The molecular formula is C10H9NO4. The van der Waals surface area contributed by atoms with Crippen molar-refractivity contribution in [1.29, 1.82) is 0 Å². The molecule has 5 heteroatoms. The smallest absolute Gasteiger partial charge is 0.358 e. The Bertz CT molecular complexity index is 444. The number of carboxylic acid groups (broad SMARTS) is 1. The summed E-state index contributed by atoms with van der Waals surface area (Å²) in [4.78, 5) is 14.3. The summed E-state index contributed by atoms with van der Waals surface area (Å²) in [6, 6.07) is 3.62. The number of rotatable bonds is 4. The Labute approximate surface area is 85.3 Å². The normalized spacial score (nSPS) is 10.4. The number of nitrogens with zero attached hydrogens (tertiary/aromatic N) is 1. The van der Waals surface area contributed by atoms with Gasteiger partial charge in [-0.3, -0.25) is 0 Å². The Morgan fingerprint density at radius 1 is 1.40 bits per heavy atom. The van der Waals surface area contributed by atoms with E-state index < -0.39 is 5.97 Å². The van der Waals surface area contributed by atoms with Crippen LogP contribution in [0.4, 0.5) is 0 Å². The summed E-state index contributed by atoms with van der Waals surface area (Å²) >= 11 is 0. The number of carboxylic acids is 1. The maximum Gasteiger partial charge on any atom is 0.358 e. The summed E-state index contributed by atoms with van der Waals surface area (Å²) < 4.78 is 10.1. The molecule has 15 heavy (non-hydrogen) atoms. The second-order valence-corrected chi connectivity index (χ2v) is 3.01. The van der Waals surface area contributed by atoms with Crippen LogP contribution >= 0.6 is 0 Å². The van der Waals surface area contributed by atoms with Crippen LogP contribution in [0.25, 0.3) is 0 Å². The largest absolute Gasteiger partial charge is 0.476 e. The van der Waals surface area contributed by atoms with Gasteiger partial charge in [-0.05, 0) is 12.1 Å². The Hall–Kier alpha value is -2.04. The van der Waals surface area contributed by atoms with Crippen molar-refractivity contribution >= 4 is 5.97 Å². The van der Waals surface area contributed by atoms with Gasteiger partial charge >= 0.3 is 5.97 Å². The summed E-state index contributed by atoms with van der Waals surface area (Å²) in [5, 5.41) is 8.77. The molecule has 0 bridgehead atoms. The molecule has 0 saturated carbocycles. The predicted octanol–water partition coefficient (Wildman–Crippen LogP) is 1.75. The fourth-order valence-electron chi connectivity index (χ4n) is 1.31. The molecule has 2 heterocycles. The van der Waals surface area contributed by atoms with E-state index in [1.807, 2.05) is 6.07 Å². The lowest BCUT2D eigenvalue weighted by atomic mass is 10.2. The zero-order chi connectivity index (χ0) is 10.7. The Kier molecular flexibility index (Phi) is 2.53. The number of aromatic nitrogens is 1. The van der Waals surface area contributed by atoms with E-state index in [0.717, 1.165) is 12.2 Å². The van der Waals surface area contributed by atoms with Gasteiger partial charge in [0.2, 0.25) is 0 Å². The molecule has 0 aliphatic rings. The molecule has 0 atom stereocenters.